The molecular formula is C11H22F3NO. The molecule has 1 unspecified atom stereocenters. The molecule has 0 aliphatic heterocycles. The van der Waals surface area contributed by atoms with Gasteiger partial charge in [-0.1, -0.05) is 13.8 Å². The van der Waals surface area contributed by atoms with Gasteiger partial charge in [0.25, 0.3) is 0 Å². The monoisotopic (exact) mass is 241 g/mol. The first-order valence-corrected chi connectivity index (χ1v) is 5.87. The fraction of sp³-hybridized carbons (Fsp3) is 1.00. The lowest BCUT2D eigenvalue weighted by Gasteiger charge is -2.18. The lowest BCUT2D eigenvalue weighted by Crippen LogP contribution is -2.31. The fourth-order valence-corrected chi connectivity index (χ4v) is 1.45. The molecular weight excluding hydrogens is 219 g/mol. The van der Waals surface area contributed by atoms with Crippen LogP contribution in [0.25, 0.3) is 0 Å². The van der Waals surface area contributed by atoms with Crippen LogP contribution < -0.4 is 5.32 Å². The minimum Gasteiger partial charge on any atom is -0.381 e. The normalized spacial score (nSPS) is 14.1. The summed E-state index contributed by atoms with van der Waals surface area (Å²) >= 11 is 0. The Morgan fingerprint density at radius 2 is 1.81 bits per heavy atom. The molecule has 5 heteroatoms. The number of alkyl halides is 3. The number of hydrogen-bond acceptors (Lipinski definition) is 2. The molecule has 0 heterocycles. The highest BCUT2D eigenvalue weighted by Gasteiger charge is 2.27. The summed E-state index contributed by atoms with van der Waals surface area (Å²) in [4.78, 5) is 0. The molecule has 1 atom stereocenters. The summed E-state index contributed by atoms with van der Waals surface area (Å²) in [5.74, 6) is 0. The highest BCUT2D eigenvalue weighted by atomic mass is 19.4. The van der Waals surface area contributed by atoms with Gasteiger partial charge in [0.15, 0.2) is 0 Å². The number of hydrogen-bond donors (Lipinski definition) is 1. The van der Waals surface area contributed by atoms with Crippen LogP contribution in [0, 0.1) is 0 Å². The Bertz CT molecular complexity index is 162. The van der Waals surface area contributed by atoms with Crippen molar-refractivity contribution in [2.24, 2.45) is 0 Å². The molecule has 0 radical (unpaired) electrons. The smallest absolute Gasteiger partial charge is 0.381 e. The van der Waals surface area contributed by atoms with Gasteiger partial charge in [0.1, 0.15) is 0 Å². The maximum absolute atomic E-state index is 12.0. The van der Waals surface area contributed by atoms with Gasteiger partial charge in [-0.15, -0.1) is 0 Å². The third kappa shape index (κ3) is 10.2. The van der Waals surface area contributed by atoms with Gasteiger partial charge in [-0.2, -0.15) is 13.2 Å². The quantitative estimate of drug-likeness (QED) is 0.626. The Hall–Kier alpha value is -0.290. The van der Waals surface area contributed by atoms with E-state index in [0.29, 0.717) is 26.2 Å². The van der Waals surface area contributed by atoms with E-state index < -0.39 is 12.6 Å². The summed E-state index contributed by atoms with van der Waals surface area (Å²) in [7, 11) is 0. The van der Waals surface area contributed by atoms with E-state index in [9.17, 15) is 13.2 Å². The standard InChI is InChI=1S/C11H22F3NO/c1-3-8-16-9-6-10(15-4-2)5-7-11(12,13)14/h10,15H,3-9H2,1-2H3. The van der Waals surface area contributed by atoms with Crippen LogP contribution in [0.3, 0.4) is 0 Å². The molecule has 16 heavy (non-hydrogen) atoms. The highest BCUT2D eigenvalue weighted by molar-refractivity contribution is 4.68. The maximum atomic E-state index is 12.0. The van der Waals surface area contributed by atoms with Crippen molar-refractivity contribution in [3.8, 4) is 0 Å². The van der Waals surface area contributed by atoms with E-state index in [1.165, 1.54) is 0 Å². The average molecular weight is 241 g/mol. The number of rotatable bonds is 9. The molecule has 0 aliphatic carbocycles. The van der Waals surface area contributed by atoms with Crippen molar-refractivity contribution in [1.82, 2.24) is 5.32 Å². The van der Waals surface area contributed by atoms with Crippen molar-refractivity contribution in [2.75, 3.05) is 19.8 Å². The zero-order valence-corrected chi connectivity index (χ0v) is 10.1. The Balaban J connectivity index is 3.70. The van der Waals surface area contributed by atoms with Gasteiger partial charge in [0, 0.05) is 25.7 Å². The van der Waals surface area contributed by atoms with Crippen LogP contribution in [0.15, 0.2) is 0 Å². The molecule has 0 rings (SSSR count). The second-order valence-corrected chi connectivity index (χ2v) is 3.81. The Morgan fingerprint density at radius 1 is 1.12 bits per heavy atom. The highest BCUT2D eigenvalue weighted by Crippen LogP contribution is 2.22. The van der Waals surface area contributed by atoms with Gasteiger partial charge in [0.2, 0.25) is 0 Å². The van der Waals surface area contributed by atoms with Gasteiger partial charge in [0.05, 0.1) is 0 Å². The molecule has 0 bridgehead atoms. The largest absolute Gasteiger partial charge is 0.389 e. The summed E-state index contributed by atoms with van der Waals surface area (Å²) < 4.78 is 41.4. The molecule has 0 saturated carbocycles. The van der Waals surface area contributed by atoms with E-state index in [1.807, 2.05) is 13.8 Å². The molecule has 0 aromatic carbocycles. The van der Waals surface area contributed by atoms with E-state index in [0.717, 1.165) is 6.42 Å². The molecule has 0 saturated heterocycles. The van der Waals surface area contributed by atoms with Crippen LogP contribution >= 0.6 is 0 Å². The number of ether oxygens (including phenoxy) is 1. The molecule has 0 aromatic rings. The molecule has 0 spiro atoms. The second kappa shape index (κ2) is 8.82. The molecule has 98 valence electrons. The molecule has 2 nitrogen and oxygen atoms in total. The van der Waals surface area contributed by atoms with E-state index in [-0.39, 0.29) is 12.5 Å². The Morgan fingerprint density at radius 3 is 2.31 bits per heavy atom. The van der Waals surface area contributed by atoms with E-state index in [1.54, 1.807) is 0 Å². The van der Waals surface area contributed by atoms with E-state index in [2.05, 4.69) is 5.32 Å². The number of nitrogens with one attached hydrogen (secondary N) is 1. The van der Waals surface area contributed by atoms with Crippen molar-refractivity contribution < 1.29 is 17.9 Å². The zero-order valence-electron chi connectivity index (χ0n) is 10.1. The zero-order chi connectivity index (χ0) is 12.4. The lowest BCUT2D eigenvalue weighted by atomic mass is 10.1. The fourth-order valence-electron chi connectivity index (χ4n) is 1.45. The maximum Gasteiger partial charge on any atom is 0.389 e. The van der Waals surface area contributed by atoms with Crippen LogP contribution in [0.5, 0.6) is 0 Å². The second-order valence-electron chi connectivity index (χ2n) is 3.81. The van der Waals surface area contributed by atoms with Crippen LogP contribution in [-0.2, 0) is 4.74 Å². The van der Waals surface area contributed by atoms with Crippen LogP contribution in [0.4, 0.5) is 13.2 Å². The summed E-state index contributed by atoms with van der Waals surface area (Å²) in [6.45, 7) is 5.80. The van der Waals surface area contributed by atoms with Gasteiger partial charge in [-0.3, -0.25) is 0 Å². The third-order valence-corrected chi connectivity index (χ3v) is 2.23. The summed E-state index contributed by atoms with van der Waals surface area (Å²) in [5.41, 5.74) is 0. The topological polar surface area (TPSA) is 21.3 Å². The molecule has 0 amide bonds. The van der Waals surface area contributed by atoms with Gasteiger partial charge in [-0.25, -0.2) is 0 Å². The third-order valence-electron chi connectivity index (χ3n) is 2.23. The number of halogens is 3. The SMILES string of the molecule is CCCOCCC(CCC(F)(F)F)NCC. The molecule has 0 aromatic heterocycles. The van der Waals surface area contributed by atoms with Crippen molar-refractivity contribution in [2.45, 2.75) is 51.7 Å². The molecule has 0 aliphatic rings. The van der Waals surface area contributed by atoms with Gasteiger partial charge < -0.3 is 10.1 Å². The Kier molecular flexibility index (Phi) is 8.66. The first-order chi connectivity index (χ1) is 7.49. The first kappa shape index (κ1) is 15.7. The van der Waals surface area contributed by atoms with Crippen molar-refractivity contribution in [1.29, 1.82) is 0 Å². The van der Waals surface area contributed by atoms with Gasteiger partial charge >= 0.3 is 6.18 Å². The average Bonchev–Trinajstić information content (AvgIpc) is 2.19. The van der Waals surface area contributed by atoms with E-state index in [4.69, 9.17) is 4.74 Å². The van der Waals surface area contributed by atoms with Crippen LogP contribution in [-0.4, -0.2) is 32.0 Å². The van der Waals surface area contributed by atoms with Crippen LogP contribution in [0.1, 0.15) is 39.5 Å². The summed E-state index contributed by atoms with van der Waals surface area (Å²) in [6, 6.07) is -0.0940. The minimum absolute atomic E-state index is 0.0940. The predicted octanol–water partition coefficient (Wildman–Crippen LogP) is 3.12. The molecule has 1 N–H and O–H groups in total. The van der Waals surface area contributed by atoms with Crippen LogP contribution in [0.2, 0.25) is 0 Å². The van der Waals surface area contributed by atoms with Gasteiger partial charge in [-0.05, 0) is 25.8 Å². The summed E-state index contributed by atoms with van der Waals surface area (Å²) in [6.07, 6.45) is -3.07. The predicted molar refractivity (Wildman–Crippen MR) is 58.5 cm³/mol. The van der Waals surface area contributed by atoms with Crippen molar-refractivity contribution >= 4 is 0 Å². The first-order valence-electron chi connectivity index (χ1n) is 5.87. The minimum atomic E-state index is -4.06. The van der Waals surface area contributed by atoms with E-state index >= 15 is 0 Å². The van der Waals surface area contributed by atoms with Crippen molar-refractivity contribution in [3.05, 3.63) is 0 Å². The lowest BCUT2D eigenvalue weighted by molar-refractivity contribution is -0.136. The Labute approximate surface area is 95.5 Å². The molecule has 0 fully saturated rings. The summed E-state index contributed by atoms with van der Waals surface area (Å²) in [5, 5.41) is 3.05. The van der Waals surface area contributed by atoms with Crippen molar-refractivity contribution in [3.63, 3.8) is 0 Å².